The minimum atomic E-state index is -0.161. The zero-order chi connectivity index (χ0) is 24.9. The summed E-state index contributed by atoms with van der Waals surface area (Å²) < 4.78 is 21.8. The Kier molecular flexibility index (Phi) is 6.95. The number of benzene rings is 3. The molecule has 176 valence electrons. The van der Waals surface area contributed by atoms with Crippen molar-refractivity contribution >= 4 is 23.7 Å². The van der Waals surface area contributed by atoms with E-state index in [1.165, 1.54) is 19.4 Å². The Morgan fingerprint density at radius 3 is 2.06 bits per heavy atom. The number of aliphatic imine (C=N–C) groups is 1. The number of nitriles is 1. The molecule has 8 heteroatoms. The summed E-state index contributed by atoms with van der Waals surface area (Å²) in [7, 11) is 4.61. The maximum Gasteiger partial charge on any atom is 0.238 e. The van der Waals surface area contributed by atoms with Gasteiger partial charge in [-0.2, -0.15) is 5.26 Å². The molecule has 0 aliphatic rings. The van der Waals surface area contributed by atoms with Gasteiger partial charge in [0.2, 0.25) is 5.88 Å². The van der Waals surface area contributed by atoms with Crippen molar-refractivity contribution in [2.75, 3.05) is 21.3 Å². The summed E-state index contributed by atoms with van der Waals surface area (Å²) in [5.74, 6) is 2.05. The van der Waals surface area contributed by atoms with Gasteiger partial charge in [0, 0.05) is 17.3 Å². The van der Waals surface area contributed by atoms with E-state index in [9.17, 15) is 10.4 Å². The Balaban J connectivity index is 1.86. The van der Waals surface area contributed by atoms with E-state index in [2.05, 4.69) is 11.1 Å². The molecule has 0 fully saturated rings. The molecule has 1 heterocycles. The number of methoxy groups -OCH3 is 3. The van der Waals surface area contributed by atoms with Gasteiger partial charge in [-0.15, -0.1) is 0 Å². The number of phenolic OH excluding ortho intramolecular Hbond substituents is 1. The number of rotatable bonds is 7. The van der Waals surface area contributed by atoms with Gasteiger partial charge in [0.1, 0.15) is 28.9 Å². The smallest absolute Gasteiger partial charge is 0.238 e. The van der Waals surface area contributed by atoms with Crippen LogP contribution in [0.2, 0.25) is 5.02 Å². The number of furan rings is 1. The van der Waals surface area contributed by atoms with Crippen LogP contribution in [0.1, 0.15) is 11.1 Å². The summed E-state index contributed by atoms with van der Waals surface area (Å²) in [6, 6.07) is 20.0. The third kappa shape index (κ3) is 4.79. The molecule has 0 amide bonds. The lowest BCUT2D eigenvalue weighted by atomic mass is 9.98. The molecule has 4 rings (SSSR count). The predicted molar refractivity (Wildman–Crippen MR) is 134 cm³/mol. The topological polar surface area (TPSA) is 97.2 Å². The summed E-state index contributed by atoms with van der Waals surface area (Å²) in [6.45, 7) is 0. The number of hydrogen-bond donors (Lipinski definition) is 1. The first kappa shape index (κ1) is 23.7. The van der Waals surface area contributed by atoms with Crippen molar-refractivity contribution in [1.82, 2.24) is 0 Å². The maximum atomic E-state index is 10.1. The summed E-state index contributed by atoms with van der Waals surface area (Å²) >= 11 is 6.09. The fraction of sp³-hybridized carbons (Fsp3) is 0.111. The van der Waals surface area contributed by atoms with Gasteiger partial charge in [-0.05, 0) is 59.7 Å². The van der Waals surface area contributed by atoms with E-state index in [0.29, 0.717) is 28.4 Å². The number of hydrogen-bond acceptors (Lipinski definition) is 7. The van der Waals surface area contributed by atoms with E-state index in [1.807, 2.05) is 48.5 Å². The maximum absolute atomic E-state index is 10.1. The van der Waals surface area contributed by atoms with Crippen molar-refractivity contribution in [3.8, 4) is 51.5 Å². The van der Waals surface area contributed by atoms with Crippen molar-refractivity contribution < 1.29 is 23.7 Å². The largest absolute Gasteiger partial charge is 0.503 e. The molecular formula is C27H21ClN2O5. The molecule has 0 saturated carbocycles. The molecule has 35 heavy (non-hydrogen) atoms. The fourth-order valence-electron chi connectivity index (χ4n) is 3.55. The van der Waals surface area contributed by atoms with Crippen molar-refractivity contribution in [3.63, 3.8) is 0 Å². The molecule has 0 saturated heterocycles. The minimum absolute atomic E-state index is 0.114. The Hall–Kier alpha value is -4.41. The first-order valence-corrected chi connectivity index (χ1v) is 10.8. The van der Waals surface area contributed by atoms with Crippen LogP contribution in [0.25, 0.3) is 22.5 Å². The van der Waals surface area contributed by atoms with E-state index in [4.69, 9.17) is 30.2 Å². The van der Waals surface area contributed by atoms with Gasteiger partial charge in [0.25, 0.3) is 0 Å². The summed E-state index contributed by atoms with van der Waals surface area (Å²) in [6.07, 6.45) is 1.49. The Morgan fingerprint density at radius 1 is 0.914 bits per heavy atom. The van der Waals surface area contributed by atoms with Gasteiger partial charge in [0.15, 0.2) is 11.5 Å². The monoisotopic (exact) mass is 488 g/mol. The zero-order valence-electron chi connectivity index (χ0n) is 19.2. The first-order chi connectivity index (χ1) is 17.0. The third-order valence-corrected chi connectivity index (χ3v) is 5.62. The molecule has 1 aromatic heterocycles. The van der Waals surface area contributed by atoms with Crippen LogP contribution in [-0.4, -0.2) is 32.7 Å². The van der Waals surface area contributed by atoms with Crippen LogP contribution in [0.15, 0.2) is 70.1 Å². The van der Waals surface area contributed by atoms with Crippen LogP contribution >= 0.6 is 11.6 Å². The van der Waals surface area contributed by atoms with Gasteiger partial charge < -0.3 is 23.7 Å². The molecule has 1 N–H and O–H groups in total. The molecular weight excluding hydrogens is 468 g/mol. The van der Waals surface area contributed by atoms with E-state index in [1.54, 1.807) is 20.3 Å². The molecule has 4 aromatic rings. The third-order valence-electron chi connectivity index (χ3n) is 5.33. The first-order valence-electron chi connectivity index (χ1n) is 10.4. The molecule has 0 unspecified atom stereocenters. The highest BCUT2D eigenvalue weighted by Gasteiger charge is 2.23. The predicted octanol–water partition coefficient (Wildman–Crippen LogP) is 6.62. The van der Waals surface area contributed by atoms with E-state index < -0.39 is 0 Å². The molecule has 0 radical (unpaired) electrons. The average Bonchev–Trinajstić information content (AvgIpc) is 3.27. The second-order valence-electron chi connectivity index (χ2n) is 7.37. The summed E-state index contributed by atoms with van der Waals surface area (Å²) in [5, 5.41) is 20.2. The molecule has 0 aliphatic carbocycles. The number of phenols is 1. The normalized spacial score (nSPS) is 10.8. The van der Waals surface area contributed by atoms with Gasteiger partial charge >= 0.3 is 0 Å². The lowest BCUT2D eigenvalue weighted by Crippen LogP contribution is -1.88. The lowest BCUT2D eigenvalue weighted by Gasteiger charge is -2.06. The highest BCUT2D eigenvalue weighted by Crippen LogP contribution is 2.43. The average molecular weight is 489 g/mol. The number of halogens is 1. The van der Waals surface area contributed by atoms with Crippen molar-refractivity contribution in [3.05, 3.63) is 76.8 Å². The number of ether oxygens (including phenoxy) is 3. The van der Waals surface area contributed by atoms with Crippen molar-refractivity contribution in [1.29, 1.82) is 5.26 Å². The van der Waals surface area contributed by atoms with E-state index in [0.717, 1.165) is 11.1 Å². The fourth-order valence-corrected chi connectivity index (χ4v) is 3.77. The van der Waals surface area contributed by atoms with Crippen molar-refractivity contribution in [2.45, 2.75) is 0 Å². The highest BCUT2D eigenvalue weighted by atomic mass is 35.5. The van der Waals surface area contributed by atoms with Crippen molar-refractivity contribution in [2.24, 2.45) is 4.99 Å². The molecule has 0 bridgehead atoms. The van der Waals surface area contributed by atoms with Crippen LogP contribution in [0.4, 0.5) is 5.88 Å². The quantitative estimate of drug-likeness (QED) is 0.293. The molecule has 3 aromatic carbocycles. The van der Waals surface area contributed by atoms with Crippen LogP contribution in [0.3, 0.4) is 0 Å². The molecule has 7 nitrogen and oxygen atoms in total. The van der Waals surface area contributed by atoms with E-state index >= 15 is 0 Å². The Morgan fingerprint density at radius 2 is 1.51 bits per heavy atom. The molecule has 0 spiro atoms. The highest BCUT2D eigenvalue weighted by molar-refractivity contribution is 6.32. The second-order valence-corrected chi connectivity index (χ2v) is 7.77. The zero-order valence-corrected chi connectivity index (χ0v) is 20.0. The Bertz CT molecular complexity index is 1420. The van der Waals surface area contributed by atoms with Crippen LogP contribution in [0, 0.1) is 11.3 Å². The second kappa shape index (κ2) is 10.2. The summed E-state index contributed by atoms with van der Waals surface area (Å²) in [4.78, 5) is 4.43. The van der Waals surface area contributed by atoms with Gasteiger partial charge in [-0.1, -0.05) is 23.7 Å². The lowest BCUT2D eigenvalue weighted by molar-refractivity contribution is 0.373. The SMILES string of the molecule is COc1ccc(-c2oc(/N=C/c3cc(Cl)c(O)c(OC)c3)c(C#N)c2-c2ccc(OC)cc2)cc1. The summed E-state index contributed by atoms with van der Waals surface area (Å²) in [5.41, 5.74) is 2.96. The standard InChI is InChI=1S/C27H21ClN2O5/c1-32-19-8-4-17(5-9-19)24-21(14-29)27(35-26(24)18-6-10-20(33-2)11-7-18)30-15-16-12-22(28)25(31)23(13-16)34-3/h4-13,15,31H,1-3H3/b30-15+. The van der Waals surface area contributed by atoms with Crippen LogP contribution < -0.4 is 14.2 Å². The Labute approximate surface area is 207 Å². The molecule has 0 aliphatic heterocycles. The van der Waals surface area contributed by atoms with E-state index in [-0.39, 0.29) is 28.0 Å². The number of nitrogens with zero attached hydrogens (tertiary/aromatic N) is 2. The minimum Gasteiger partial charge on any atom is -0.503 e. The molecule has 0 atom stereocenters. The van der Waals surface area contributed by atoms with Gasteiger partial charge in [-0.3, -0.25) is 0 Å². The number of aromatic hydroxyl groups is 1. The van der Waals surface area contributed by atoms with Crippen LogP contribution in [-0.2, 0) is 0 Å². The van der Waals surface area contributed by atoms with Gasteiger partial charge in [0.05, 0.1) is 26.4 Å². The van der Waals surface area contributed by atoms with Crippen LogP contribution in [0.5, 0.6) is 23.0 Å². The van der Waals surface area contributed by atoms with Gasteiger partial charge in [-0.25, -0.2) is 4.99 Å².